The van der Waals surface area contributed by atoms with Gasteiger partial charge >= 0.3 is 0 Å². The predicted octanol–water partition coefficient (Wildman–Crippen LogP) is 3.96. The van der Waals surface area contributed by atoms with Crippen LogP contribution in [-0.2, 0) is 6.42 Å². The fourth-order valence-electron chi connectivity index (χ4n) is 2.49. The molecule has 0 aliphatic heterocycles. The van der Waals surface area contributed by atoms with Crippen LogP contribution >= 0.6 is 11.6 Å². The molecule has 128 valence electrons. The van der Waals surface area contributed by atoms with E-state index in [9.17, 15) is 15.0 Å². The molecule has 0 unspecified atom stereocenters. The topological polar surface area (TPSA) is 98.2 Å². The number of aryl methyl sites for hydroxylation is 1. The number of anilines is 1. The van der Waals surface area contributed by atoms with Crippen molar-refractivity contribution in [3.63, 3.8) is 0 Å². The Morgan fingerprint density at radius 2 is 1.92 bits per heavy atom. The molecule has 25 heavy (non-hydrogen) atoms. The van der Waals surface area contributed by atoms with Crippen LogP contribution < -0.4 is 5.32 Å². The highest BCUT2D eigenvalue weighted by atomic mass is 35.5. The van der Waals surface area contributed by atoms with Gasteiger partial charge in [-0.3, -0.25) is 9.89 Å². The number of halogens is 1. The molecule has 0 aliphatic rings. The molecule has 7 heteroatoms. The van der Waals surface area contributed by atoms with E-state index in [0.717, 1.165) is 0 Å². The third-order valence-corrected chi connectivity index (χ3v) is 4.09. The predicted molar refractivity (Wildman–Crippen MR) is 96.1 cm³/mol. The lowest BCUT2D eigenvalue weighted by atomic mass is 10.0. The molecule has 6 nitrogen and oxygen atoms in total. The standard InChI is InChI=1S/C18H16ClN3O3/c1-2-10-7-13(16(24)8-15(10)23)17-14(9-20-22-17)21-18(25)11-3-5-12(19)6-4-11/h3-9,23-24H,2H2,1H3,(H,20,22)(H,21,25). The molecule has 1 amide bonds. The highest BCUT2D eigenvalue weighted by molar-refractivity contribution is 6.30. The molecule has 0 saturated carbocycles. The second kappa shape index (κ2) is 6.86. The SMILES string of the molecule is CCc1cc(-c2[nH]ncc2NC(=O)c2ccc(Cl)cc2)c(O)cc1O. The smallest absolute Gasteiger partial charge is 0.255 e. The summed E-state index contributed by atoms with van der Waals surface area (Å²) in [6.45, 7) is 1.89. The van der Waals surface area contributed by atoms with Crippen LogP contribution in [0.4, 0.5) is 5.69 Å². The number of nitrogens with one attached hydrogen (secondary N) is 2. The van der Waals surface area contributed by atoms with Gasteiger partial charge in [-0.25, -0.2) is 0 Å². The third-order valence-electron chi connectivity index (χ3n) is 3.84. The number of rotatable bonds is 4. The summed E-state index contributed by atoms with van der Waals surface area (Å²) >= 11 is 5.83. The summed E-state index contributed by atoms with van der Waals surface area (Å²) in [4.78, 5) is 12.4. The summed E-state index contributed by atoms with van der Waals surface area (Å²) in [6, 6.07) is 9.43. The zero-order chi connectivity index (χ0) is 18.0. The molecular weight excluding hydrogens is 342 g/mol. The van der Waals surface area contributed by atoms with Gasteiger partial charge in [0.25, 0.3) is 5.91 Å². The lowest BCUT2D eigenvalue weighted by Crippen LogP contribution is -2.11. The minimum Gasteiger partial charge on any atom is -0.508 e. The highest BCUT2D eigenvalue weighted by Crippen LogP contribution is 2.37. The molecule has 0 spiro atoms. The summed E-state index contributed by atoms with van der Waals surface area (Å²) < 4.78 is 0. The van der Waals surface area contributed by atoms with Gasteiger partial charge in [-0.1, -0.05) is 18.5 Å². The maximum Gasteiger partial charge on any atom is 0.255 e. The Hall–Kier alpha value is -2.99. The first-order valence-electron chi connectivity index (χ1n) is 7.65. The fourth-order valence-corrected chi connectivity index (χ4v) is 2.61. The second-order valence-electron chi connectivity index (χ2n) is 5.47. The van der Waals surface area contributed by atoms with E-state index in [-0.39, 0.29) is 17.4 Å². The number of benzene rings is 2. The van der Waals surface area contributed by atoms with Crippen molar-refractivity contribution in [2.24, 2.45) is 0 Å². The van der Waals surface area contributed by atoms with E-state index < -0.39 is 0 Å². The van der Waals surface area contributed by atoms with Crippen molar-refractivity contribution < 1.29 is 15.0 Å². The Bertz CT molecular complexity index is 920. The number of amides is 1. The van der Waals surface area contributed by atoms with Crippen LogP contribution in [0.3, 0.4) is 0 Å². The summed E-state index contributed by atoms with van der Waals surface area (Å²) in [5.74, 6) is -0.413. The van der Waals surface area contributed by atoms with E-state index in [4.69, 9.17) is 11.6 Å². The third kappa shape index (κ3) is 3.44. The number of phenols is 2. The summed E-state index contributed by atoms with van der Waals surface area (Å²) in [6.07, 6.45) is 2.06. The molecule has 0 aliphatic carbocycles. The number of phenolic OH excluding ortho intramolecular Hbond substituents is 2. The number of carbonyl (C=O) groups excluding carboxylic acids is 1. The van der Waals surface area contributed by atoms with Crippen molar-refractivity contribution in [3.8, 4) is 22.8 Å². The Balaban J connectivity index is 1.93. The van der Waals surface area contributed by atoms with E-state index in [1.165, 1.54) is 12.3 Å². The first kappa shape index (κ1) is 16.9. The van der Waals surface area contributed by atoms with Crippen LogP contribution in [0.2, 0.25) is 5.02 Å². The first-order valence-corrected chi connectivity index (χ1v) is 8.03. The number of carbonyl (C=O) groups is 1. The minimum absolute atomic E-state index is 0.0232. The molecule has 0 radical (unpaired) electrons. The highest BCUT2D eigenvalue weighted by Gasteiger charge is 2.17. The van der Waals surface area contributed by atoms with Gasteiger partial charge in [-0.05, 0) is 42.3 Å². The van der Waals surface area contributed by atoms with Gasteiger partial charge in [0.2, 0.25) is 0 Å². The average Bonchev–Trinajstić information content (AvgIpc) is 3.03. The van der Waals surface area contributed by atoms with Crippen molar-refractivity contribution in [2.45, 2.75) is 13.3 Å². The molecule has 0 atom stereocenters. The largest absolute Gasteiger partial charge is 0.508 e. The van der Waals surface area contributed by atoms with Gasteiger partial charge in [0.1, 0.15) is 11.5 Å². The first-order chi connectivity index (χ1) is 12.0. The van der Waals surface area contributed by atoms with E-state index in [0.29, 0.717) is 39.5 Å². The minimum atomic E-state index is -0.326. The normalized spacial score (nSPS) is 10.6. The quantitative estimate of drug-likeness (QED) is 0.568. The Morgan fingerprint density at radius 1 is 1.20 bits per heavy atom. The number of aromatic amines is 1. The molecule has 0 saturated heterocycles. The van der Waals surface area contributed by atoms with E-state index in [1.54, 1.807) is 30.3 Å². The van der Waals surface area contributed by atoms with Crippen molar-refractivity contribution >= 4 is 23.2 Å². The molecule has 1 aromatic heterocycles. The number of H-pyrrole nitrogens is 1. The lowest BCUT2D eigenvalue weighted by Gasteiger charge is -2.10. The molecule has 3 rings (SSSR count). The van der Waals surface area contributed by atoms with Crippen molar-refractivity contribution in [1.82, 2.24) is 10.2 Å². The van der Waals surface area contributed by atoms with E-state index >= 15 is 0 Å². The van der Waals surface area contributed by atoms with E-state index in [1.807, 2.05) is 6.92 Å². The molecule has 0 fully saturated rings. The van der Waals surface area contributed by atoms with Crippen LogP contribution in [-0.4, -0.2) is 26.3 Å². The number of hydrogen-bond acceptors (Lipinski definition) is 4. The monoisotopic (exact) mass is 357 g/mol. The number of nitrogens with zero attached hydrogens (tertiary/aromatic N) is 1. The number of hydrogen-bond donors (Lipinski definition) is 4. The molecular formula is C18H16ClN3O3. The van der Waals surface area contributed by atoms with Gasteiger partial charge in [-0.2, -0.15) is 5.10 Å². The van der Waals surface area contributed by atoms with Gasteiger partial charge in [0.15, 0.2) is 0 Å². The Labute approximate surface area is 149 Å². The van der Waals surface area contributed by atoms with Gasteiger partial charge in [0.05, 0.1) is 17.6 Å². The maximum atomic E-state index is 12.4. The number of aromatic nitrogens is 2. The molecule has 1 heterocycles. The Morgan fingerprint density at radius 3 is 2.60 bits per heavy atom. The Kier molecular flexibility index (Phi) is 4.63. The average molecular weight is 358 g/mol. The van der Waals surface area contributed by atoms with Crippen LogP contribution in [0.5, 0.6) is 11.5 Å². The van der Waals surface area contributed by atoms with Crippen LogP contribution in [0.1, 0.15) is 22.8 Å². The van der Waals surface area contributed by atoms with Crippen molar-refractivity contribution in [2.75, 3.05) is 5.32 Å². The summed E-state index contributed by atoms with van der Waals surface area (Å²) in [7, 11) is 0. The van der Waals surface area contributed by atoms with Crippen LogP contribution in [0.25, 0.3) is 11.3 Å². The molecule has 2 aromatic carbocycles. The summed E-state index contributed by atoms with van der Waals surface area (Å²) in [5, 5.41) is 30.0. The number of aromatic hydroxyl groups is 2. The van der Waals surface area contributed by atoms with Crippen LogP contribution in [0, 0.1) is 0 Å². The van der Waals surface area contributed by atoms with Crippen LogP contribution in [0.15, 0.2) is 42.6 Å². The van der Waals surface area contributed by atoms with Gasteiger partial charge in [0, 0.05) is 22.2 Å². The molecule has 3 aromatic rings. The zero-order valence-corrected chi connectivity index (χ0v) is 14.1. The van der Waals surface area contributed by atoms with Crippen molar-refractivity contribution in [3.05, 3.63) is 58.7 Å². The molecule has 0 bridgehead atoms. The van der Waals surface area contributed by atoms with Gasteiger partial charge < -0.3 is 15.5 Å². The maximum absolute atomic E-state index is 12.4. The van der Waals surface area contributed by atoms with Gasteiger partial charge in [-0.15, -0.1) is 0 Å². The zero-order valence-electron chi connectivity index (χ0n) is 13.4. The second-order valence-corrected chi connectivity index (χ2v) is 5.91. The van der Waals surface area contributed by atoms with E-state index in [2.05, 4.69) is 15.5 Å². The molecule has 4 N–H and O–H groups in total. The lowest BCUT2D eigenvalue weighted by molar-refractivity contribution is 0.102. The van der Waals surface area contributed by atoms with Crippen molar-refractivity contribution in [1.29, 1.82) is 0 Å². The summed E-state index contributed by atoms with van der Waals surface area (Å²) in [5.41, 5.74) is 2.44. The fraction of sp³-hybridized carbons (Fsp3) is 0.111.